The van der Waals surface area contributed by atoms with Crippen molar-refractivity contribution in [2.24, 2.45) is 21.5 Å². The molecule has 1 amide bonds. The third-order valence-corrected chi connectivity index (χ3v) is 9.38. The van der Waals surface area contributed by atoms with Gasteiger partial charge in [0.15, 0.2) is 5.96 Å². The number of rotatable bonds is 10. The van der Waals surface area contributed by atoms with Gasteiger partial charge in [-0.15, -0.1) is 0 Å². The molecule has 3 heterocycles. The van der Waals surface area contributed by atoms with E-state index in [1.165, 1.54) is 12.0 Å². The second-order valence-corrected chi connectivity index (χ2v) is 12.2. The summed E-state index contributed by atoms with van der Waals surface area (Å²) >= 11 is 1.97. The molecule has 0 spiro atoms. The summed E-state index contributed by atoms with van der Waals surface area (Å²) in [6.45, 7) is 3.06. The zero-order chi connectivity index (χ0) is 26.2. The Morgan fingerprint density at radius 1 is 1.14 bits per heavy atom. The van der Waals surface area contributed by atoms with Crippen molar-refractivity contribution in [3.05, 3.63) is 29.8 Å². The number of nitrogens with zero attached hydrogens (tertiary/aromatic N) is 3. The van der Waals surface area contributed by atoms with Crippen LogP contribution >= 0.6 is 11.8 Å². The third-order valence-electron chi connectivity index (χ3n) is 7.72. The first-order valence-corrected chi connectivity index (χ1v) is 14.8. The molecule has 8 nitrogen and oxygen atoms in total. The summed E-state index contributed by atoms with van der Waals surface area (Å²) < 4.78 is 0. The molecule has 3 fully saturated rings. The number of hydrogen-bond donors (Lipinski definition) is 3. The number of nitrogens with one attached hydrogen (secondary N) is 1. The summed E-state index contributed by atoms with van der Waals surface area (Å²) in [5, 5.41) is 4.19. The van der Waals surface area contributed by atoms with Crippen LogP contribution in [0.4, 0.5) is 5.69 Å². The Kier molecular flexibility index (Phi) is 9.88. The number of nitrogens with two attached hydrogens (primary N) is 2. The summed E-state index contributed by atoms with van der Waals surface area (Å²) in [5.74, 6) is 1.16. The predicted molar refractivity (Wildman–Crippen MR) is 152 cm³/mol. The van der Waals surface area contributed by atoms with Crippen LogP contribution in [0.25, 0.3) is 0 Å². The minimum absolute atomic E-state index is 0.162. The molecule has 0 aliphatic carbocycles. The van der Waals surface area contributed by atoms with Crippen molar-refractivity contribution in [3.8, 4) is 0 Å². The van der Waals surface area contributed by atoms with Gasteiger partial charge < -0.3 is 21.7 Å². The molecular formula is C28H42N6O2S. The van der Waals surface area contributed by atoms with E-state index in [1.54, 1.807) is 0 Å². The highest BCUT2D eigenvalue weighted by atomic mass is 32.2. The molecule has 4 rings (SSSR count). The van der Waals surface area contributed by atoms with E-state index in [9.17, 15) is 9.59 Å². The highest BCUT2D eigenvalue weighted by Gasteiger charge is 2.41. The lowest BCUT2D eigenvalue weighted by Crippen LogP contribution is -2.46. The number of guanidine groups is 2. The quantitative estimate of drug-likeness (QED) is 0.240. The number of aliphatic imine (C=N–C) groups is 2. The molecule has 0 aromatic heterocycles. The number of likely N-dealkylation sites (tertiary alicyclic amines) is 1. The van der Waals surface area contributed by atoms with Gasteiger partial charge in [-0.05, 0) is 76.0 Å². The predicted octanol–water partition coefficient (Wildman–Crippen LogP) is 4.04. The van der Waals surface area contributed by atoms with Gasteiger partial charge in [0.1, 0.15) is 5.78 Å². The molecular weight excluding hydrogens is 484 g/mol. The Hall–Kier alpha value is -2.55. The largest absolute Gasteiger partial charge is 0.369 e. The topological polar surface area (TPSA) is 126 Å². The molecule has 3 aliphatic rings. The van der Waals surface area contributed by atoms with Crippen molar-refractivity contribution in [2.75, 3.05) is 6.54 Å². The fraction of sp³-hybridized carbons (Fsp3) is 0.643. The molecule has 3 aliphatic heterocycles. The van der Waals surface area contributed by atoms with Crippen LogP contribution in [0.1, 0.15) is 83.1 Å². The zero-order valence-corrected chi connectivity index (χ0v) is 22.8. The van der Waals surface area contributed by atoms with Crippen molar-refractivity contribution in [1.82, 2.24) is 10.2 Å². The second kappa shape index (κ2) is 13.3. The SMILES string of the molecule is CC1CCCCN1C(N)=NC(N)=Nc1ccc(CCCC(=O)CCCCC2CC3NC(=O)CC3S2)cc1. The Labute approximate surface area is 225 Å². The first-order chi connectivity index (χ1) is 17.9. The van der Waals surface area contributed by atoms with Crippen LogP contribution < -0.4 is 16.8 Å². The molecule has 3 saturated heterocycles. The van der Waals surface area contributed by atoms with E-state index in [-0.39, 0.29) is 11.9 Å². The molecule has 4 unspecified atom stereocenters. The van der Waals surface area contributed by atoms with Crippen molar-refractivity contribution in [1.29, 1.82) is 0 Å². The summed E-state index contributed by atoms with van der Waals surface area (Å²) in [6.07, 6.45) is 11.5. The van der Waals surface area contributed by atoms with Gasteiger partial charge in [0, 0.05) is 48.4 Å². The summed E-state index contributed by atoms with van der Waals surface area (Å²) in [6, 6.07) is 8.68. The highest BCUT2D eigenvalue weighted by Crippen LogP contribution is 2.41. The zero-order valence-electron chi connectivity index (χ0n) is 22.0. The minimum atomic E-state index is 0.162. The van der Waals surface area contributed by atoms with Gasteiger partial charge in [-0.25, -0.2) is 4.99 Å². The summed E-state index contributed by atoms with van der Waals surface area (Å²) in [7, 11) is 0. The Bertz CT molecular complexity index is 979. The molecule has 1 aromatic rings. The maximum Gasteiger partial charge on any atom is 0.223 e. The van der Waals surface area contributed by atoms with E-state index in [2.05, 4.69) is 27.1 Å². The maximum atomic E-state index is 12.3. The number of fused-ring (bicyclic) bond motifs is 1. The standard InChI is InChI=1S/C28H42N6O2S/c1-19-7-4-5-16-34(19)28(30)33-27(29)31-21-14-12-20(13-15-21)8-6-10-22(35)9-2-3-11-23-17-24-25(37-23)18-26(36)32-24/h12-15,19,23-25H,2-11,16-18H2,1H3,(H,32,36)(H4,29,30,31,33). The average molecular weight is 527 g/mol. The summed E-state index contributed by atoms with van der Waals surface area (Å²) in [4.78, 5) is 34.5. The summed E-state index contributed by atoms with van der Waals surface area (Å²) in [5.41, 5.74) is 14.1. The number of Topliss-reactive ketones (excluding diaryl/α,β-unsaturated/α-hetero) is 1. The van der Waals surface area contributed by atoms with E-state index >= 15 is 0 Å². The number of unbranched alkanes of at least 4 members (excludes halogenated alkanes) is 1. The smallest absolute Gasteiger partial charge is 0.223 e. The molecule has 0 bridgehead atoms. The van der Waals surface area contributed by atoms with Crippen molar-refractivity contribution in [2.45, 2.75) is 107 Å². The van der Waals surface area contributed by atoms with Crippen LogP contribution in [0.3, 0.4) is 0 Å². The van der Waals surface area contributed by atoms with E-state index in [1.807, 2.05) is 36.0 Å². The number of aryl methyl sites for hydroxylation is 1. The van der Waals surface area contributed by atoms with E-state index in [0.717, 1.165) is 63.6 Å². The van der Waals surface area contributed by atoms with Crippen LogP contribution in [-0.4, -0.2) is 57.6 Å². The number of benzene rings is 1. The van der Waals surface area contributed by atoms with Gasteiger partial charge in [-0.1, -0.05) is 18.6 Å². The normalized spacial score (nSPS) is 26.3. The van der Waals surface area contributed by atoms with Crippen LogP contribution in [0, 0.1) is 0 Å². The lowest BCUT2D eigenvalue weighted by Gasteiger charge is -2.34. The number of ketones is 1. The number of carbonyl (C=O) groups is 2. The number of piperidine rings is 1. The molecule has 37 heavy (non-hydrogen) atoms. The van der Waals surface area contributed by atoms with Gasteiger partial charge in [0.25, 0.3) is 0 Å². The van der Waals surface area contributed by atoms with E-state index < -0.39 is 0 Å². The number of amides is 1. The number of hydrogen-bond acceptors (Lipinski definition) is 4. The van der Waals surface area contributed by atoms with Crippen molar-refractivity contribution >= 4 is 41.1 Å². The van der Waals surface area contributed by atoms with Crippen LogP contribution in [0.15, 0.2) is 34.3 Å². The first-order valence-electron chi connectivity index (χ1n) is 13.9. The van der Waals surface area contributed by atoms with E-state index in [4.69, 9.17) is 11.5 Å². The van der Waals surface area contributed by atoms with Gasteiger partial charge in [-0.3, -0.25) is 9.59 Å². The van der Waals surface area contributed by atoms with Crippen LogP contribution in [0.2, 0.25) is 0 Å². The maximum absolute atomic E-state index is 12.3. The first kappa shape index (κ1) is 27.5. The average Bonchev–Trinajstić information content (AvgIpc) is 3.40. The molecule has 5 N–H and O–H groups in total. The van der Waals surface area contributed by atoms with Crippen LogP contribution in [-0.2, 0) is 16.0 Å². The van der Waals surface area contributed by atoms with Gasteiger partial charge in [0.05, 0.1) is 5.69 Å². The van der Waals surface area contributed by atoms with Crippen LogP contribution in [0.5, 0.6) is 0 Å². The van der Waals surface area contributed by atoms with Gasteiger partial charge in [-0.2, -0.15) is 16.8 Å². The lowest BCUT2D eigenvalue weighted by molar-refractivity contribution is -0.120. The minimum Gasteiger partial charge on any atom is -0.369 e. The van der Waals surface area contributed by atoms with Gasteiger partial charge >= 0.3 is 0 Å². The number of thioether (sulfide) groups is 1. The Morgan fingerprint density at radius 2 is 1.92 bits per heavy atom. The van der Waals surface area contributed by atoms with Crippen molar-refractivity contribution in [3.63, 3.8) is 0 Å². The third kappa shape index (κ3) is 8.22. The monoisotopic (exact) mass is 526 g/mol. The van der Waals surface area contributed by atoms with Gasteiger partial charge in [0.2, 0.25) is 11.9 Å². The molecule has 0 radical (unpaired) electrons. The fourth-order valence-corrected chi connectivity index (χ4v) is 7.36. The number of carbonyl (C=O) groups excluding carboxylic acids is 2. The van der Waals surface area contributed by atoms with Crippen molar-refractivity contribution < 1.29 is 9.59 Å². The second-order valence-electron chi connectivity index (χ2n) is 10.7. The molecule has 4 atom stereocenters. The molecule has 202 valence electrons. The Balaban J connectivity index is 1.10. The highest BCUT2D eigenvalue weighted by molar-refractivity contribution is 8.00. The fourth-order valence-electron chi connectivity index (χ4n) is 5.63. The molecule has 9 heteroatoms. The molecule has 0 saturated carbocycles. The Morgan fingerprint density at radius 3 is 2.68 bits per heavy atom. The van der Waals surface area contributed by atoms with E-state index in [0.29, 0.717) is 53.6 Å². The molecule has 1 aromatic carbocycles. The lowest BCUT2D eigenvalue weighted by atomic mass is 10.0.